The molecule has 2 aromatic carbocycles. The molecule has 2 atom stereocenters. The van der Waals surface area contributed by atoms with Crippen molar-refractivity contribution in [3.05, 3.63) is 59.2 Å². The quantitative estimate of drug-likeness (QED) is 0.636. The van der Waals surface area contributed by atoms with Crippen LogP contribution in [0.25, 0.3) is 0 Å². The summed E-state index contributed by atoms with van der Waals surface area (Å²) in [5.41, 5.74) is 2.99. The van der Waals surface area contributed by atoms with Crippen molar-refractivity contribution < 1.29 is 22.7 Å². The molecule has 2 saturated heterocycles. The van der Waals surface area contributed by atoms with Crippen LogP contribution in [0.3, 0.4) is 0 Å². The summed E-state index contributed by atoms with van der Waals surface area (Å²) < 4.78 is 35.0. The third-order valence-corrected chi connectivity index (χ3v) is 8.92. The Morgan fingerprint density at radius 2 is 1.75 bits per heavy atom. The lowest BCUT2D eigenvalue weighted by Gasteiger charge is -2.24. The van der Waals surface area contributed by atoms with Gasteiger partial charge in [0.1, 0.15) is 0 Å². The molecule has 7 nitrogen and oxygen atoms in total. The smallest absolute Gasteiger partial charge is 0.252 e. The van der Waals surface area contributed by atoms with Crippen LogP contribution in [-0.4, -0.2) is 61.4 Å². The number of fused-ring (bicyclic) bond motifs is 1. The fourth-order valence-electron chi connectivity index (χ4n) is 4.02. The molecular weight excluding hydrogens is 448 g/mol. The zero-order valence-electron chi connectivity index (χ0n) is 18.3. The van der Waals surface area contributed by atoms with Crippen molar-refractivity contribution >= 4 is 32.7 Å². The van der Waals surface area contributed by atoms with Gasteiger partial charge in [0.05, 0.1) is 38.2 Å². The van der Waals surface area contributed by atoms with Gasteiger partial charge < -0.3 is 14.4 Å². The van der Waals surface area contributed by atoms with E-state index in [0.717, 1.165) is 16.7 Å². The molecule has 2 aliphatic heterocycles. The van der Waals surface area contributed by atoms with Crippen LogP contribution >= 0.6 is 11.8 Å². The fraction of sp³-hybridized carbons (Fsp3) is 0.391. The van der Waals surface area contributed by atoms with Crippen LogP contribution in [0.15, 0.2) is 47.5 Å². The van der Waals surface area contributed by atoms with Crippen LogP contribution in [0.4, 0.5) is 0 Å². The maximum atomic E-state index is 12.8. The molecule has 4 rings (SSSR count). The molecule has 0 bridgehead atoms. The molecule has 2 aliphatic rings. The van der Waals surface area contributed by atoms with Crippen molar-refractivity contribution in [1.29, 1.82) is 0 Å². The van der Waals surface area contributed by atoms with E-state index in [1.54, 1.807) is 26.4 Å². The van der Waals surface area contributed by atoms with Crippen LogP contribution in [0.1, 0.15) is 16.7 Å². The Labute approximate surface area is 192 Å². The second-order valence-corrected chi connectivity index (χ2v) is 11.4. The van der Waals surface area contributed by atoms with Crippen molar-refractivity contribution in [1.82, 2.24) is 4.90 Å². The van der Waals surface area contributed by atoms with Gasteiger partial charge in [-0.15, -0.1) is 0 Å². The molecule has 0 aromatic heterocycles. The second kappa shape index (κ2) is 9.15. The van der Waals surface area contributed by atoms with E-state index in [9.17, 15) is 13.2 Å². The highest BCUT2D eigenvalue weighted by Gasteiger charge is 2.48. The third kappa shape index (κ3) is 4.94. The molecule has 0 N–H and O–H groups in total. The molecular formula is C23H26N2O5S2. The highest BCUT2D eigenvalue weighted by molar-refractivity contribution is 8.15. The third-order valence-electron chi connectivity index (χ3n) is 5.67. The molecule has 0 aliphatic carbocycles. The Bertz CT molecular complexity index is 1150. The number of carbonyl (C=O) groups excluding carboxylic acids is 1. The average molecular weight is 475 g/mol. The van der Waals surface area contributed by atoms with E-state index >= 15 is 0 Å². The number of ether oxygens (including phenoxy) is 2. The minimum atomic E-state index is -3.08. The van der Waals surface area contributed by atoms with Crippen molar-refractivity contribution in [3.8, 4) is 11.5 Å². The minimum Gasteiger partial charge on any atom is -0.493 e. The molecule has 0 saturated carbocycles. The summed E-state index contributed by atoms with van der Waals surface area (Å²) in [5, 5.41) is 0.499. The van der Waals surface area contributed by atoms with Gasteiger partial charge in [-0.05, 0) is 30.2 Å². The molecule has 2 fully saturated rings. The molecule has 2 heterocycles. The number of benzene rings is 2. The summed E-state index contributed by atoms with van der Waals surface area (Å²) >= 11 is 1.40. The lowest BCUT2D eigenvalue weighted by atomic mass is 10.1. The van der Waals surface area contributed by atoms with E-state index in [2.05, 4.69) is 4.99 Å². The first kappa shape index (κ1) is 22.7. The maximum Gasteiger partial charge on any atom is 0.252 e. The molecule has 1 amide bonds. The normalized spacial score (nSPS) is 22.7. The molecule has 0 unspecified atom stereocenters. The summed E-state index contributed by atoms with van der Waals surface area (Å²) in [6, 6.07) is 13.3. The van der Waals surface area contributed by atoms with Crippen LogP contribution in [0.5, 0.6) is 11.5 Å². The van der Waals surface area contributed by atoms with Gasteiger partial charge in [-0.1, -0.05) is 47.7 Å². The first-order valence-corrected chi connectivity index (χ1v) is 13.0. The van der Waals surface area contributed by atoms with Crippen LogP contribution in [0.2, 0.25) is 0 Å². The zero-order chi connectivity index (χ0) is 22.9. The second-order valence-electron chi connectivity index (χ2n) is 8.07. The van der Waals surface area contributed by atoms with E-state index in [1.165, 1.54) is 11.8 Å². The predicted octanol–water partition coefficient (Wildman–Crippen LogP) is 2.85. The number of amidine groups is 1. The average Bonchev–Trinajstić information content (AvgIpc) is 3.21. The zero-order valence-corrected chi connectivity index (χ0v) is 19.9. The molecule has 32 heavy (non-hydrogen) atoms. The van der Waals surface area contributed by atoms with E-state index < -0.39 is 9.84 Å². The van der Waals surface area contributed by atoms with Gasteiger partial charge >= 0.3 is 0 Å². The van der Waals surface area contributed by atoms with Gasteiger partial charge in [0, 0.05) is 11.8 Å². The molecule has 170 valence electrons. The summed E-state index contributed by atoms with van der Waals surface area (Å²) in [6.45, 7) is 2.54. The number of nitrogens with zero attached hydrogens (tertiary/aromatic N) is 2. The molecule has 2 aromatic rings. The highest BCUT2D eigenvalue weighted by Crippen LogP contribution is 2.39. The van der Waals surface area contributed by atoms with Crippen molar-refractivity contribution in [2.24, 2.45) is 4.99 Å². The Kier molecular flexibility index (Phi) is 6.48. The van der Waals surface area contributed by atoms with Gasteiger partial charge in [0.15, 0.2) is 26.5 Å². The number of aliphatic imine (C=N–C) groups is 1. The summed E-state index contributed by atoms with van der Waals surface area (Å²) in [5.74, 6) is 1.09. The van der Waals surface area contributed by atoms with E-state index in [4.69, 9.17) is 9.47 Å². The van der Waals surface area contributed by atoms with Gasteiger partial charge in [0.25, 0.3) is 5.91 Å². The molecule has 0 spiro atoms. The summed E-state index contributed by atoms with van der Waals surface area (Å²) in [7, 11) is 0.0310. The number of aryl methyl sites for hydroxylation is 1. The first-order valence-electron chi connectivity index (χ1n) is 10.3. The summed E-state index contributed by atoms with van der Waals surface area (Å²) in [4.78, 5) is 19.2. The Hall–Kier alpha value is -2.52. The molecule has 0 radical (unpaired) electrons. The van der Waals surface area contributed by atoms with E-state index in [1.807, 2.05) is 42.2 Å². The Morgan fingerprint density at radius 3 is 2.44 bits per heavy atom. The molecule has 9 heteroatoms. The topological polar surface area (TPSA) is 85.3 Å². The van der Waals surface area contributed by atoms with Crippen molar-refractivity contribution in [2.45, 2.75) is 31.2 Å². The lowest BCUT2D eigenvalue weighted by Crippen LogP contribution is -2.37. The van der Waals surface area contributed by atoms with Crippen molar-refractivity contribution in [3.63, 3.8) is 0 Å². The number of thioether (sulfide) groups is 1. The number of rotatable bonds is 6. The van der Waals surface area contributed by atoms with Crippen LogP contribution in [-0.2, 0) is 27.6 Å². The van der Waals surface area contributed by atoms with E-state index in [0.29, 0.717) is 23.2 Å². The number of methoxy groups -OCH3 is 2. The highest BCUT2D eigenvalue weighted by atomic mass is 32.2. The minimum absolute atomic E-state index is 0.0966. The maximum absolute atomic E-state index is 12.8. The number of hydrogen-bond donors (Lipinski definition) is 0. The van der Waals surface area contributed by atoms with Gasteiger partial charge in [-0.3, -0.25) is 4.79 Å². The monoisotopic (exact) mass is 474 g/mol. The number of carbonyl (C=O) groups is 1. The Morgan fingerprint density at radius 1 is 1.06 bits per heavy atom. The van der Waals surface area contributed by atoms with Crippen LogP contribution < -0.4 is 9.47 Å². The Balaban J connectivity index is 1.56. The number of sulfone groups is 1. The lowest BCUT2D eigenvalue weighted by molar-refractivity contribution is -0.117. The summed E-state index contributed by atoms with van der Waals surface area (Å²) in [6.07, 6.45) is 0.121. The number of amides is 1. The predicted molar refractivity (Wildman–Crippen MR) is 126 cm³/mol. The largest absolute Gasteiger partial charge is 0.493 e. The van der Waals surface area contributed by atoms with Crippen LogP contribution in [0, 0.1) is 6.92 Å². The fourth-order valence-corrected chi connectivity index (χ4v) is 7.99. The first-order chi connectivity index (χ1) is 15.3. The van der Waals surface area contributed by atoms with Gasteiger partial charge in [-0.2, -0.15) is 4.99 Å². The van der Waals surface area contributed by atoms with Crippen molar-refractivity contribution in [2.75, 3.05) is 25.7 Å². The van der Waals surface area contributed by atoms with Gasteiger partial charge in [0.2, 0.25) is 0 Å². The van der Waals surface area contributed by atoms with Gasteiger partial charge in [-0.25, -0.2) is 8.42 Å². The number of hydrogen-bond acceptors (Lipinski definition) is 6. The SMILES string of the molecule is COc1ccc(CC(=O)N=C2S[C@@H]3CS(=O)(=O)C[C@@H]3N2Cc2ccc(C)cc2)cc1OC. The van der Waals surface area contributed by atoms with E-state index in [-0.39, 0.29) is 35.1 Å². The standard InChI is InChI=1S/C23H26N2O5S2/c1-15-4-6-16(7-5-15)12-25-18-13-32(27,28)14-21(18)31-23(25)24-22(26)11-17-8-9-19(29-2)20(10-17)30-3/h4-10,18,21H,11-14H2,1-3H3/t18-,21+/m0/s1.